The Bertz CT molecular complexity index is 143. The van der Waals surface area contributed by atoms with Crippen LogP contribution in [0, 0.1) is 0 Å². The van der Waals surface area contributed by atoms with Crippen molar-refractivity contribution in [1.29, 1.82) is 0 Å². The molecule has 0 aromatic carbocycles. The van der Waals surface area contributed by atoms with E-state index in [-0.39, 0.29) is 23.9 Å². The van der Waals surface area contributed by atoms with Gasteiger partial charge < -0.3 is 0 Å². The summed E-state index contributed by atoms with van der Waals surface area (Å²) in [5.41, 5.74) is 0. The van der Waals surface area contributed by atoms with Crippen LogP contribution in [0.5, 0.6) is 0 Å². The zero-order chi connectivity index (χ0) is 5.28. The molecule has 8 heavy (non-hydrogen) atoms. The number of hydrogen-bond acceptors (Lipinski definition) is 0. The normalized spacial score (nSPS) is 8.25. The molecular weight excluding hydrogens is 207 g/mol. The summed E-state index contributed by atoms with van der Waals surface area (Å²) in [6, 6.07) is 0. The predicted octanol–water partition coefficient (Wildman–Crippen LogP) is -0.531. The fraction of sp³-hybridized carbons (Fsp3) is 0.400. The first-order valence-corrected chi connectivity index (χ1v) is 2.26. The Kier molecular flexibility index (Phi) is 3.12. The second-order valence-corrected chi connectivity index (χ2v) is 1.74. The zero-order valence-electron chi connectivity index (χ0n) is 5.13. The maximum Gasteiger partial charge on any atom is 4.00 e. The first-order chi connectivity index (χ1) is 3.29. The van der Waals surface area contributed by atoms with Crippen LogP contribution in [0.25, 0.3) is 0 Å². The second-order valence-electron chi connectivity index (χ2n) is 1.74. The quantitative estimate of drug-likeness (QED) is 0.407. The summed E-state index contributed by atoms with van der Waals surface area (Å²) in [5.74, 6) is 0. The maximum absolute atomic E-state index is 2.00. The van der Waals surface area contributed by atoms with Crippen molar-refractivity contribution in [3.05, 3.63) is 18.7 Å². The number of aryl methyl sites for hydroxylation is 2. The first-order valence-electron chi connectivity index (χ1n) is 2.26. The smallest absolute Gasteiger partial charge is 0.240 e. The number of imidazole rings is 1. The Morgan fingerprint density at radius 3 is 2.25 bits per heavy atom. The summed E-state index contributed by atoms with van der Waals surface area (Å²) >= 11 is 0. The molecular formula is C5H9N2Sn+5. The molecule has 2 nitrogen and oxygen atoms in total. The third-order valence-electron chi connectivity index (χ3n) is 0.901. The maximum atomic E-state index is 2.00. The molecule has 0 bridgehead atoms. The molecule has 0 aliphatic carbocycles. The Balaban J connectivity index is 0.000000490. The number of rotatable bonds is 0. The molecule has 0 unspecified atom stereocenters. The van der Waals surface area contributed by atoms with Gasteiger partial charge in [-0.05, 0) is 0 Å². The van der Waals surface area contributed by atoms with E-state index >= 15 is 0 Å². The summed E-state index contributed by atoms with van der Waals surface area (Å²) in [5, 5.41) is 0. The molecule has 1 aromatic heterocycles. The number of nitrogens with zero attached hydrogens (tertiary/aromatic N) is 2. The molecule has 38 valence electrons. The van der Waals surface area contributed by atoms with Crippen molar-refractivity contribution in [2.45, 2.75) is 0 Å². The van der Waals surface area contributed by atoms with E-state index in [1.807, 2.05) is 42.0 Å². The van der Waals surface area contributed by atoms with Crippen LogP contribution in [0.15, 0.2) is 18.7 Å². The van der Waals surface area contributed by atoms with E-state index in [4.69, 9.17) is 0 Å². The van der Waals surface area contributed by atoms with Crippen LogP contribution < -0.4 is 4.57 Å². The number of hydrogen-bond donors (Lipinski definition) is 0. The van der Waals surface area contributed by atoms with Gasteiger partial charge in [-0.25, -0.2) is 9.13 Å². The molecule has 1 heterocycles. The fourth-order valence-electron chi connectivity index (χ4n) is 0.575. The van der Waals surface area contributed by atoms with Gasteiger partial charge in [0.05, 0.1) is 14.1 Å². The van der Waals surface area contributed by atoms with Gasteiger partial charge in [0.2, 0.25) is 6.33 Å². The Morgan fingerprint density at radius 1 is 1.50 bits per heavy atom. The van der Waals surface area contributed by atoms with Crippen molar-refractivity contribution in [3.63, 3.8) is 0 Å². The summed E-state index contributed by atoms with van der Waals surface area (Å²) < 4.78 is 4.00. The molecule has 0 spiro atoms. The van der Waals surface area contributed by atoms with Crippen LogP contribution in [0.1, 0.15) is 0 Å². The molecule has 0 aliphatic rings. The SMILES string of the molecule is Cn1cc[n+](C)c1.[Sn+4]. The third-order valence-corrected chi connectivity index (χ3v) is 0.901. The van der Waals surface area contributed by atoms with Crippen molar-refractivity contribution in [2.75, 3.05) is 0 Å². The second kappa shape index (κ2) is 3.12. The average Bonchev–Trinajstić information content (AvgIpc) is 1.87. The van der Waals surface area contributed by atoms with E-state index < -0.39 is 0 Å². The van der Waals surface area contributed by atoms with E-state index in [0.717, 1.165) is 0 Å². The fourth-order valence-corrected chi connectivity index (χ4v) is 0.575. The molecule has 3 heteroatoms. The molecule has 0 saturated heterocycles. The van der Waals surface area contributed by atoms with Crippen LogP contribution in [-0.2, 0) is 14.1 Å². The summed E-state index contributed by atoms with van der Waals surface area (Å²) in [6.45, 7) is 0. The van der Waals surface area contributed by atoms with Crippen LogP contribution in [-0.4, -0.2) is 28.5 Å². The van der Waals surface area contributed by atoms with Gasteiger partial charge >= 0.3 is 23.9 Å². The summed E-state index contributed by atoms with van der Waals surface area (Å²) in [6.07, 6.45) is 6.00. The first kappa shape index (κ1) is 8.01. The molecule has 0 amide bonds. The van der Waals surface area contributed by atoms with Crippen molar-refractivity contribution in [3.8, 4) is 0 Å². The summed E-state index contributed by atoms with van der Waals surface area (Å²) in [4.78, 5) is 0. The minimum absolute atomic E-state index is 0. The van der Waals surface area contributed by atoms with Crippen LogP contribution in [0.4, 0.5) is 0 Å². The van der Waals surface area contributed by atoms with Crippen molar-refractivity contribution >= 4 is 23.9 Å². The minimum Gasteiger partial charge on any atom is -0.240 e. The molecule has 1 aromatic rings. The average molecular weight is 216 g/mol. The van der Waals surface area contributed by atoms with Crippen molar-refractivity contribution in [1.82, 2.24) is 4.57 Å². The predicted molar refractivity (Wildman–Crippen MR) is 32.3 cm³/mol. The van der Waals surface area contributed by atoms with Gasteiger partial charge in [0.1, 0.15) is 12.4 Å². The standard InChI is InChI=1S/C5H9N2.Sn/c1-6-3-4-7(2)5-6;/h3-5H,1-2H3;/q+1;+4. The summed E-state index contributed by atoms with van der Waals surface area (Å²) in [7, 11) is 4.00. The molecule has 0 atom stereocenters. The van der Waals surface area contributed by atoms with Gasteiger partial charge in [-0.3, -0.25) is 0 Å². The van der Waals surface area contributed by atoms with Gasteiger partial charge in [-0.15, -0.1) is 0 Å². The van der Waals surface area contributed by atoms with Crippen LogP contribution in [0.2, 0.25) is 0 Å². The number of aromatic nitrogens is 2. The largest absolute Gasteiger partial charge is 4.00 e. The van der Waals surface area contributed by atoms with Gasteiger partial charge in [0.15, 0.2) is 0 Å². The van der Waals surface area contributed by atoms with E-state index in [1.165, 1.54) is 0 Å². The molecule has 1 rings (SSSR count). The Morgan fingerprint density at radius 2 is 2.12 bits per heavy atom. The van der Waals surface area contributed by atoms with Gasteiger partial charge in [0.25, 0.3) is 0 Å². The topological polar surface area (TPSA) is 8.81 Å². The van der Waals surface area contributed by atoms with Crippen molar-refractivity contribution in [2.24, 2.45) is 14.1 Å². The molecule has 0 radical (unpaired) electrons. The van der Waals surface area contributed by atoms with E-state index in [2.05, 4.69) is 0 Å². The van der Waals surface area contributed by atoms with E-state index in [9.17, 15) is 0 Å². The van der Waals surface area contributed by atoms with Gasteiger partial charge in [0, 0.05) is 0 Å². The van der Waals surface area contributed by atoms with E-state index in [0.29, 0.717) is 0 Å². The van der Waals surface area contributed by atoms with E-state index in [1.54, 1.807) is 0 Å². The minimum atomic E-state index is 0. The van der Waals surface area contributed by atoms with Gasteiger partial charge in [-0.1, -0.05) is 0 Å². The molecule has 0 fully saturated rings. The molecule has 0 aliphatic heterocycles. The Labute approximate surface area is 66.1 Å². The monoisotopic (exact) mass is 217 g/mol. The van der Waals surface area contributed by atoms with Gasteiger partial charge in [-0.2, -0.15) is 0 Å². The zero-order valence-corrected chi connectivity index (χ0v) is 7.98. The van der Waals surface area contributed by atoms with Crippen molar-refractivity contribution < 1.29 is 4.57 Å². The molecule has 0 saturated carbocycles. The Hall–Kier alpha value is 0.00870. The third kappa shape index (κ3) is 1.86. The van der Waals surface area contributed by atoms with Crippen LogP contribution >= 0.6 is 0 Å². The molecule has 0 N–H and O–H groups in total. The van der Waals surface area contributed by atoms with Crippen LogP contribution in [0.3, 0.4) is 0 Å².